The minimum atomic E-state index is -0.754. The molecular weight excluding hydrogens is 220 g/mol. The molecule has 3 N–H and O–H groups in total. The molecule has 1 atom stereocenters. The van der Waals surface area contributed by atoms with Crippen LogP contribution < -0.4 is 11.3 Å². The highest BCUT2D eigenvalue weighted by Crippen LogP contribution is 2.09. The fourth-order valence-corrected chi connectivity index (χ4v) is 1.33. The number of carbonyl (C=O) groups excluding carboxylic acids is 1. The largest absolute Gasteiger partial charge is 0.459 e. The molecule has 5 nitrogen and oxygen atoms in total. The summed E-state index contributed by atoms with van der Waals surface area (Å²) in [5.41, 5.74) is 5.67. The van der Waals surface area contributed by atoms with Crippen LogP contribution in [0.5, 0.6) is 0 Å². The molecule has 0 amide bonds. The maximum atomic E-state index is 11.6. The van der Waals surface area contributed by atoms with Gasteiger partial charge >= 0.3 is 5.97 Å². The third kappa shape index (κ3) is 4.82. The van der Waals surface area contributed by atoms with Crippen LogP contribution in [0.3, 0.4) is 0 Å². The molecule has 1 aromatic rings. The zero-order chi connectivity index (χ0) is 13.1. The number of carbonyl (C=O) groups is 1. The lowest BCUT2D eigenvalue weighted by molar-refractivity contribution is -0.156. The Kier molecular flexibility index (Phi) is 4.07. The van der Waals surface area contributed by atoms with Crippen LogP contribution in [0.25, 0.3) is 0 Å². The van der Waals surface area contributed by atoms with Crippen LogP contribution in [0.1, 0.15) is 26.3 Å². The minimum absolute atomic E-state index is 0.209. The predicted octanol–water partition coefficient (Wildman–Crippen LogP) is 0.586. The van der Waals surface area contributed by atoms with Gasteiger partial charge in [0.1, 0.15) is 11.6 Å². The summed E-state index contributed by atoms with van der Waals surface area (Å²) in [6.45, 7) is 5.35. The molecule has 5 heteroatoms. The van der Waals surface area contributed by atoms with Crippen LogP contribution >= 0.6 is 0 Å². The smallest absolute Gasteiger partial charge is 0.323 e. The van der Waals surface area contributed by atoms with Gasteiger partial charge in [0.25, 0.3) is 0 Å². The number of esters is 1. The van der Waals surface area contributed by atoms with Gasteiger partial charge in [0, 0.05) is 12.3 Å². The van der Waals surface area contributed by atoms with Gasteiger partial charge in [0.2, 0.25) is 5.56 Å². The van der Waals surface area contributed by atoms with Crippen molar-refractivity contribution in [1.82, 2.24) is 4.98 Å². The van der Waals surface area contributed by atoms with E-state index >= 15 is 0 Å². The third-order valence-electron chi connectivity index (χ3n) is 2.00. The zero-order valence-corrected chi connectivity index (χ0v) is 10.3. The van der Waals surface area contributed by atoms with E-state index in [0.717, 1.165) is 0 Å². The van der Waals surface area contributed by atoms with Gasteiger partial charge in [0.05, 0.1) is 0 Å². The van der Waals surface area contributed by atoms with Crippen molar-refractivity contribution in [1.29, 1.82) is 0 Å². The van der Waals surface area contributed by atoms with Crippen molar-refractivity contribution in [2.45, 2.75) is 38.8 Å². The summed E-state index contributed by atoms with van der Waals surface area (Å²) in [5.74, 6) is -0.460. The van der Waals surface area contributed by atoms with Gasteiger partial charge in [-0.1, -0.05) is 0 Å². The predicted molar refractivity (Wildman–Crippen MR) is 64.6 cm³/mol. The van der Waals surface area contributed by atoms with Gasteiger partial charge in [-0.25, -0.2) is 0 Å². The third-order valence-corrected chi connectivity index (χ3v) is 2.00. The highest BCUT2D eigenvalue weighted by molar-refractivity contribution is 5.76. The molecule has 0 bridgehead atoms. The van der Waals surface area contributed by atoms with Gasteiger partial charge < -0.3 is 15.5 Å². The van der Waals surface area contributed by atoms with Crippen LogP contribution in [0.15, 0.2) is 23.1 Å². The first kappa shape index (κ1) is 13.4. The molecule has 94 valence electrons. The number of H-pyrrole nitrogens is 1. The van der Waals surface area contributed by atoms with Crippen LogP contribution in [-0.2, 0) is 16.0 Å². The van der Waals surface area contributed by atoms with Crippen molar-refractivity contribution >= 4 is 5.97 Å². The van der Waals surface area contributed by atoms with E-state index in [9.17, 15) is 9.59 Å². The second-order valence-corrected chi connectivity index (χ2v) is 4.91. The average Bonchev–Trinajstić information content (AvgIpc) is 2.14. The zero-order valence-electron chi connectivity index (χ0n) is 10.3. The van der Waals surface area contributed by atoms with Crippen LogP contribution in [0, 0.1) is 0 Å². The van der Waals surface area contributed by atoms with Crippen LogP contribution in [0.4, 0.5) is 0 Å². The molecule has 0 aliphatic heterocycles. The van der Waals surface area contributed by atoms with Crippen molar-refractivity contribution in [3.63, 3.8) is 0 Å². The number of aromatic amines is 1. The van der Waals surface area contributed by atoms with Gasteiger partial charge in [-0.15, -0.1) is 0 Å². The molecule has 0 spiro atoms. The highest BCUT2D eigenvalue weighted by Gasteiger charge is 2.22. The Morgan fingerprint density at radius 2 is 2.18 bits per heavy atom. The second kappa shape index (κ2) is 5.14. The molecule has 17 heavy (non-hydrogen) atoms. The SMILES string of the molecule is CC(C)(C)OC(=O)C(N)Cc1cc[nH]c(=O)c1. The van der Waals surface area contributed by atoms with Gasteiger partial charge in [-0.05, 0) is 38.8 Å². The molecule has 0 radical (unpaired) electrons. The number of hydrogen-bond acceptors (Lipinski definition) is 4. The lowest BCUT2D eigenvalue weighted by atomic mass is 10.1. The van der Waals surface area contributed by atoms with Gasteiger partial charge in [-0.3, -0.25) is 9.59 Å². The molecule has 1 rings (SSSR count). The van der Waals surface area contributed by atoms with Crippen LogP contribution in [0.2, 0.25) is 0 Å². The number of rotatable bonds is 3. The van der Waals surface area contributed by atoms with Gasteiger partial charge in [-0.2, -0.15) is 0 Å². The van der Waals surface area contributed by atoms with E-state index in [0.29, 0.717) is 12.0 Å². The Morgan fingerprint density at radius 3 is 2.71 bits per heavy atom. The molecule has 0 saturated carbocycles. The Morgan fingerprint density at radius 1 is 1.53 bits per heavy atom. The molecule has 0 aliphatic carbocycles. The molecule has 0 aliphatic rings. The average molecular weight is 238 g/mol. The monoisotopic (exact) mass is 238 g/mol. The Bertz CT molecular complexity index is 446. The molecule has 1 aromatic heterocycles. The van der Waals surface area contributed by atoms with E-state index in [4.69, 9.17) is 10.5 Å². The fourth-order valence-electron chi connectivity index (χ4n) is 1.33. The summed E-state index contributed by atoms with van der Waals surface area (Å²) in [5, 5.41) is 0. The lowest BCUT2D eigenvalue weighted by Gasteiger charge is -2.22. The topological polar surface area (TPSA) is 85.2 Å². The highest BCUT2D eigenvalue weighted by atomic mass is 16.6. The first-order valence-electron chi connectivity index (χ1n) is 5.44. The van der Waals surface area contributed by atoms with E-state index in [1.165, 1.54) is 12.3 Å². The summed E-state index contributed by atoms with van der Waals surface area (Å²) in [6, 6.07) is 2.38. The number of aromatic nitrogens is 1. The normalized spacial score (nSPS) is 13.2. The van der Waals surface area contributed by atoms with Crippen molar-refractivity contribution in [2.75, 3.05) is 0 Å². The second-order valence-electron chi connectivity index (χ2n) is 4.91. The number of ether oxygens (including phenoxy) is 1. The number of hydrogen-bond donors (Lipinski definition) is 2. The first-order valence-corrected chi connectivity index (χ1v) is 5.44. The quantitative estimate of drug-likeness (QED) is 0.754. The van der Waals surface area contributed by atoms with E-state index < -0.39 is 17.6 Å². The Hall–Kier alpha value is -1.62. The summed E-state index contributed by atoms with van der Waals surface area (Å²) in [7, 11) is 0. The van der Waals surface area contributed by atoms with E-state index in [1.54, 1.807) is 26.8 Å². The molecule has 1 unspecified atom stereocenters. The van der Waals surface area contributed by atoms with Crippen molar-refractivity contribution in [2.24, 2.45) is 5.73 Å². The van der Waals surface area contributed by atoms with E-state index in [2.05, 4.69) is 4.98 Å². The maximum Gasteiger partial charge on any atom is 0.323 e. The summed E-state index contributed by atoms with van der Waals surface area (Å²) < 4.78 is 5.15. The lowest BCUT2D eigenvalue weighted by Crippen LogP contribution is -2.38. The van der Waals surface area contributed by atoms with Crippen LogP contribution in [-0.4, -0.2) is 22.6 Å². The van der Waals surface area contributed by atoms with Crippen molar-refractivity contribution < 1.29 is 9.53 Å². The van der Waals surface area contributed by atoms with Gasteiger partial charge in [0.15, 0.2) is 0 Å². The Balaban J connectivity index is 2.63. The van der Waals surface area contributed by atoms with E-state index in [-0.39, 0.29) is 5.56 Å². The fraction of sp³-hybridized carbons (Fsp3) is 0.500. The van der Waals surface area contributed by atoms with Crippen molar-refractivity contribution in [3.05, 3.63) is 34.2 Å². The molecule has 0 fully saturated rings. The standard InChI is InChI=1S/C12H18N2O3/c1-12(2,3)17-11(16)9(13)6-8-4-5-14-10(15)7-8/h4-5,7,9H,6,13H2,1-3H3,(H,14,15). The molecular formula is C12H18N2O3. The molecule has 1 heterocycles. The molecule has 0 aromatic carbocycles. The first-order chi connectivity index (χ1) is 7.78. The van der Waals surface area contributed by atoms with E-state index in [1.807, 2.05) is 0 Å². The number of pyridine rings is 1. The minimum Gasteiger partial charge on any atom is -0.459 e. The maximum absolute atomic E-state index is 11.6. The number of nitrogens with two attached hydrogens (primary N) is 1. The van der Waals surface area contributed by atoms with Crippen molar-refractivity contribution in [3.8, 4) is 0 Å². The number of nitrogens with one attached hydrogen (secondary N) is 1. The Labute approximate surface area is 100.0 Å². The molecule has 0 saturated heterocycles. The summed E-state index contributed by atoms with van der Waals surface area (Å²) in [6.07, 6.45) is 1.82. The summed E-state index contributed by atoms with van der Waals surface area (Å²) in [4.78, 5) is 25.2. The summed E-state index contributed by atoms with van der Waals surface area (Å²) >= 11 is 0.